The number of ether oxygens (including phenoxy) is 1. The Hall–Kier alpha value is -3.75. The lowest BCUT2D eigenvalue weighted by atomic mass is 9.82. The smallest absolute Gasteiger partial charge is 0.269 e. The molecule has 6 rings (SSSR count). The number of amides is 1. The number of hydrogen-bond donors (Lipinski definition) is 2. The summed E-state index contributed by atoms with van der Waals surface area (Å²) < 4.78 is 5.51. The number of anilines is 2. The molecule has 3 heterocycles. The Balaban J connectivity index is 1.21. The largest absolute Gasteiger partial charge is 0.494 e. The van der Waals surface area contributed by atoms with E-state index in [-0.39, 0.29) is 5.91 Å². The van der Waals surface area contributed by atoms with Gasteiger partial charge in [-0.15, -0.1) is 22.7 Å². The van der Waals surface area contributed by atoms with Gasteiger partial charge in [0.05, 0.1) is 18.0 Å². The van der Waals surface area contributed by atoms with Gasteiger partial charge in [0, 0.05) is 22.0 Å². The SMILES string of the molecule is CCOc1ccc(-c2csc(NC(=O)c3sc4nc5c(cc4c3N)CC(c3ccccc3)CC5)n2)cc1. The molecule has 0 aliphatic heterocycles. The van der Waals surface area contributed by atoms with E-state index in [9.17, 15) is 4.79 Å². The molecule has 3 N–H and O–H groups in total. The molecule has 186 valence electrons. The molecule has 6 nitrogen and oxygen atoms in total. The fourth-order valence-electron chi connectivity index (χ4n) is 4.87. The molecule has 0 bridgehead atoms. The van der Waals surface area contributed by atoms with Crippen molar-refractivity contribution in [1.29, 1.82) is 0 Å². The van der Waals surface area contributed by atoms with Crippen LogP contribution >= 0.6 is 22.7 Å². The van der Waals surface area contributed by atoms with Crippen molar-refractivity contribution in [3.63, 3.8) is 0 Å². The average molecular weight is 527 g/mol. The lowest BCUT2D eigenvalue weighted by Crippen LogP contribution is -2.14. The number of benzene rings is 2. The van der Waals surface area contributed by atoms with Gasteiger partial charge in [-0.3, -0.25) is 10.1 Å². The highest BCUT2D eigenvalue weighted by atomic mass is 32.1. The van der Waals surface area contributed by atoms with E-state index in [0.717, 1.165) is 52.2 Å². The zero-order chi connectivity index (χ0) is 25.4. The number of rotatable bonds is 6. The summed E-state index contributed by atoms with van der Waals surface area (Å²) in [4.78, 5) is 24.0. The molecule has 1 aliphatic rings. The molecule has 3 aromatic heterocycles. The van der Waals surface area contributed by atoms with Crippen LogP contribution in [0, 0.1) is 0 Å². The number of nitrogen functional groups attached to an aromatic ring is 1. The van der Waals surface area contributed by atoms with E-state index < -0.39 is 0 Å². The number of nitrogens with one attached hydrogen (secondary N) is 1. The van der Waals surface area contributed by atoms with E-state index in [1.165, 1.54) is 33.8 Å². The number of fused-ring (bicyclic) bond motifs is 2. The van der Waals surface area contributed by atoms with Crippen molar-refractivity contribution in [2.75, 3.05) is 17.7 Å². The first-order valence-corrected chi connectivity index (χ1v) is 14.0. The van der Waals surface area contributed by atoms with Crippen LogP contribution < -0.4 is 15.8 Å². The Morgan fingerprint density at radius 2 is 1.95 bits per heavy atom. The number of nitrogens with zero attached hydrogens (tertiary/aromatic N) is 2. The summed E-state index contributed by atoms with van der Waals surface area (Å²) in [5.74, 6) is 1.04. The highest BCUT2D eigenvalue weighted by Crippen LogP contribution is 2.39. The first kappa shape index (κ1) is 23.6. The van der Waals surface area contributed by atoms with Gasteiger partial charge in [-0.25, -0.2) is 9.97 Å². The monoisotopic (exact) mass is 526 g/mol. The third-order valence-electron chi connectivity index (χ3n) is 6.75. The average Bonchev–Trinajstić information content (AvgIpc) is 3.52. The van der Waals surface area contributed by atoms with Crippen molar-refractivity contribution in [3.8, 4) is 17.0 Å². The van der Waals surface area contributed by atoms with Crippen LogP contribution in [0.5, 0.6) is 5.75 Å². The van der Waals surface area contributed by atoms with Gasteiger partial charge in [-0.1, -0.05) is 30.3 Å². The van der Waals surface area contributed by atoms with Crippen molar-refractivity contribution in [2.24, 2.45) is 0 Å². The summed E-state index contributed by atoms with van der Waals surface area (Å²) in [6, 6.07) is 20.5. The van der Waals surface area contributed by atoms with Crippen LogP contribution in [0.25, 0.3) is 21.5 Å². The minimum Gasteiger partial charge on any atom is -0.494 e. The topological polar surface area (TPSA) is 90.1 Å². The molecule has 0 spiro atoms. The number of pyridine rings is 1. The van der Waals surface area contributed by atoms with Gasteiger partial charge in [0.1, 0.15) is 15.5 Å². The standard InChI is InChI=1S/C29H26N4O2S2/c1-2-35-21-11-8-18(9-12-21)24-16-36-29(32-24)33-27(34)26-25(30)22-15-20-14-19(17-6-4-3-5-7-17)10-13-23(20)31-28(22)37-26/h3-9,11-12,15-16,19H,2,10,13-14,30H2,1H3,(H,32,33,34). The zero-order valence-corrected chi connectivity index (χ0v) is 22.0. The lowest BCUT2D eigenvalue weighted by Gasteiger charge is -2.24. The number of hydrogen-bond acceptors (Lipinski definition) is 7. The quantitative estimate of drug-likeness (QED) is 0.250. The maximum Gasteiger partial charge on any atom is 0.269 e. The molecule has 0 fully saturated rings. The highest BCUT2D eigenvalue weighted by Gasteiger charge is 2.25. The maximum atomic E-state index is 13.2. The second-order valence-electron chi connectivity index (χ2n) is 9.09. The molecule has 2 aromatic carbocycles. The van der Waals surface area contributed by atoms with Crippen LogP contribution in [0.15, 0.2) is 66.0 Å². The zero-order valence-electron chi connectivity index (χ0n) is 20.4. The lowest BCUT2D eigenvalue weighted by molar-refractivity contribution is 0.103. The van der Waals surface area contributed by atoms with Crippen LogP contribution in [0.2, 0.25) is 0 Å². The number of aryl methyl sites for hydroxylation is 1. The Bertz CT molecular complexity index is 1580. The van der Waals surface area contributed by atoms with Gasteiger partial charge >= 0.3 is 0 Å². The summed E-state index contributed by atoms with van der Waals surface area (Å²) in [6.45, 7) is 2.58. The van der Waals surface area contributed by atoms with Crippen molar-refractivity contribution in [1.82, 2.24) is 9.97 Å². The van der Waals surface area contributed by atoms with E-state index in [4.69, 9.17) is 15.5 Å². The van der Waals surface area contributed by atoms with Crippen LogP contribution in [0.4, 0.5) is 10.8 Å². The highest BCUT2D eigenvalue weighted by molar-refractivity contribution is 7.21. The molecule has 1 amide bonds. The minimum absolute atomic E-state index is 0.256. The van der Waals surface area contributed by atoms with Crippen LogP contribution in [-0.2, 0) is 12.8 Å². The Morgan fingerprint density at radius 3 is 2.73 bits per heavy atom. The molecule has 37 heavy (non-hydrogen) atoms. The predicted octanol–water partition coefficient (Wildman–Crippen LogP) is 6.93. The number of carbonyl (C=O) groups excluding carboxylic acids is 1. The van der Waals surface area contributed by atoms with Crippen molar-refractivity contribution < 1.29 is 9.53 Å². The maximum absolute atomic E-state index is 13.2. The summed E-state index contributed by atoms with van der Waals surface area (Å²) in [5, 5.41) is 6.24. The number of thiophene rings is 1. The van der Waals surface area contributed by atoms with Crippen molar-refractivity contribution >= 4 is 49.6 Å². The van der Waals surface area contributed by atoms with E-state index in [2.05, 4.69) is 46.7 Å². The van der Waals surface area contributed by atoms with Gasteiger partial charge < -0.3 is 10.5 Å². The molecule has 5 aromatic rings. The molecule has 1 atom stereocenters. The molecule has 1 aliphatic carbocycles. The number of nitrogens with two attached hydrogens (primary N) is 1. The van der Waals surface area contributed by atoms with Gasteiger partial charge in [-0.2, -0.15) is 0 Å². The number of aromatic nitrogens is 2. The van der Waals surface area contributed by atoms with Gasteiger partial charge in [-0.05, 0) is 73.6 Å². The Morgan fingerprint density at radius 1 is 1.14 bits per heavy atom. The molecular formula is C29H26N4O2S2. The first-order valence-electron chi connectivity index (χ1n) is 12.3. The van der Waals surface area contributed by atoms with E-state index >= 15 is 0 Å². The summed E-state index contributed by atoms with van der Waals surface area (Å²) in [5.41, 5.74) is 12.4. The van der Waals surface area contributed by atoms with E-state index in [1.807, 2.05) is 36.6 Å². The van der Waals surface area contributed by atoms with Crippen molar-refractivity contribution in [2.45, 2.75) is 32.1 Å². The van der Waals surface area contributed by atoms with Gasteiger partial charge in [0.2, 0.25) is 0 Å². The summed E-state index contributed by atoms with van der Waals surface area (Å²) in [6.07, 6.45) is 2.94. The molecule has 0 saturated heterocycles. The molecule has 1 unspecified atom stereocenters. The van der Waals surface area contributed by atoms with Gasteiger partial charge in [0.15, 0.2) is 5.13 Å². The van der Waals surface area contributed by atoms with E-state index in [1.54, 1.807) is 0 Å². The van der Waals surface area contributed by atoms with Crippen molar-refractivity contribution in [3.05, 3.63) is 87.7 Å². The number of thiazole rings is 1. The van der Waals surface area contributed by atoms with Crippen LogP contribution in [-0.4, -0.2) is 22.5 Å². The molecule has 0 radical (unpaired) electrons. The fraction of sp³-hybridized carbons (Fsp3) is 0.207. The van der Waals surface area contributed by atoms with Crippen LogP contribution in [0.3, 0.4) is 0 Å². The molecule has 0 saturated carbocycles. The predicted molar refractivity (Wildman–Crippen MR) is 152 cm³/mol. The third kappa shape index (κ3) is 4.70. The second kappa shape index (κ2) is 9.95. The first-order chi connectivity index (χ1) is 18.1. The fourth-order valence-corrected chi connectivity index (χ4v) is 6.58. The summed E-state index contributed by atoms with van der Waals surface area (Å²) in [7, 11) is 0. The summed E-state index contributed by atoms with van der Waals surface area (Å²) >= 11 is 2.73. The number of carbonyl (C=O) groups is 1. The van der Waals surface area contributed by atoms with E-state index in [0.29, 0.717) is 28.2 Å². The Kier molecular flexibility index (Phi) is 6.36. The Labute approximate surface area is 223 Å². The molecular weight excluding hydrogens is 500 g/mol. The van der Waals surface area contributed by atoms with Gasteiger partial charge in [0.25, 0.3) is 5.91 Å². The third-order valence-corrected chi connectivity index (χ3v) is 8.62. The second-order valence-corrected chi connectivity index (χ2v) is 10.9. The van der Waals surface area contributed by atoms with Crippen LogP contribution in [0.1, 0.15) is 45.8 Å². The normalized spacial score (nSPS) is 14.9. The molecule has 8 heteroatoms. The minimum atomic E-state index is -0.256.